The van der Waals surface area contributed by atoms with Crippen molar-refractivity contribution in [1.29, 1.82) is 0 Å². The predicted octanol–water partition coefficient (Wildman–Crippen LogP) is 2.76. The summed E-state index contributed by atoms with van der Waals surface area (Å²) in [7, 11) is 0. The molecule has 0 spiro atoms. The van der Waals surface area contributed by atoms with Gasteiger partial charge in [0.25, 0.3) is 0 Å². The van der Waals surface area contributed by atoms with Gasteiger partial charge in [0.15, 0.2) is 0 Å². The van der Waals surface area contributed by atoms with Gasteiger partial charge in [-0.15, -0.1) is 0 Å². The zero-order valence-electron chi connectivity index (χ0n) is 11.3. The molecule has 0 aliphatic heterocycles. The smallest absolute Gasteiger partial charge is 0.136 e. The van der Waals surface area contributed by atoms with Crippen LogP contribution in [0, 0.1) is 0 Å². The molecule has 0 amide bonds. The van der Waals surface area contributed by atoms with Crippen molar-refractivity contribution in [3.63, 3.8) is 0 Å². The number of imidazole rings is 1. The third-order valence-corrected chi connectivity index (χ3v) is 4.15. The summed E-state index contributed by atoms with van der Waals surface area (Å²) in [6.45, 7) is 1.90. The first kappa shape index (κ1) is 11.7. The van der Waals surface area contributed by atoms with Crippen LogP contribution in [0.1, 0.15) is 22.7 Å². The molecule has 1 aromatic carbocycles. The van der Waals surface area contributed by atoms with E-state index in [4.69, 9.17) is 0 Å². The molecule has 0 unspecified atom stereocenters. The van der Waals surface area contributed by atoms with Crippen LogP contribution in [0.25, 0.3) is 5.65 Å². The number of hydrogen-bond acceptors (Lipinski definition) is 2. The average molecular weight is 263 g/mol. The molecular weight excluding hydrogens is 246 g/mol. The van der Waals surface area contributed by atoms with E-state index in [9.17, 15) is 0 Å². The molecule has 1 N–H and O–H groups in total. The number of rotatable bonds is 4. The Morgan fingerprint density at radius 2 is 2.05 bits per heavy atom. The fourth-order valence-corrected chi connectivity index (χ4v) is 3.04. The van der Waals surface area contributed by atoms with Gasteiger partial charge in [-0.05, 0) is 29.7 Å². The third kappa shape index (κ3) is 1.91. The Hall–Kier alpha value is -2.13. The second kappa shape index (κ2) is 4.76. The summed E-state index contributed by atoms with van der Waals surface area (Å²) in [5, 5.41) is 3.56. The van der Waals surface area contributed by atoms with E-state index in [1.807, 2.05) is 24.4 Å². The zero-order valence-corrected chi connectivity index (χ0v) is 11.3. The number of nitrogens with one attached hydrogen (secondary N) is 1. The summed E-state index contributed by atoms with van der Waals surface area (Å²) in [5.74, 6) is 0.672. The van der Waals surface area contributed by atoms with Crippen LogP contribution in [0.3, 0.4) is 0 Å². The van der Waals surface area contributed by atoms with Crippen molar-refractivity contribution >= 4 is 5.65 Å². The Morgan fingerprint density at radius 1 is 1.15 bits per heavy atom. The van der Waals surface area contributed by atoms with Gasteiger partial charge in [-0.25, -0.2) is 4.98 Å². The summed E-state index contributed by atoms with van der Waals surface area (Å²) in [4.78, 5) is 4.41. The average Bonchev–Trinajstić information content (AvgIpc) is 2.87. The molecule has 2 aromatic heterocycles. The lowest BCUT2D eigenvalue weighted by Crippen LogP contribution is -2.29. The van der Waals surface area contributed by atoms with Gasteiger partial charge in [0, 0.05) is 25.2 Å². The van der Waals surface area contributed by atoms with Gasteiger partial charge < -0.3 is 9.72 Å². The van der Waals surface area contributed by atoms with Crippen LogP contribution < -0.4 is 5.32 Å². The predicted molar refractivity (Wildman–Crippen MR) is 79.8 cm³/mol. The molecule has 3 nitrogen and oxygen atoms in total. The molecule has 0 saturated heterocycles. The minimum atomic E-state index is 0.672. The van der Waals surface area contributed by atoms with E-state index in [1.54, 1.807) is 0 Å². The monoisotopic (exact) mass is 263 g/mol. The van der Waals surface area contributed by atoms with Crippen LogP contribution in [-0.4, -0.2) is 15.9 Å². The minimum Gasteiger partial charge on any atom is -0.311 e. The fraction of sp³-hybridized carbons (Fsp3) is 0.235. The van der Waals surface area contributed by atoms with E-state index in [-0.39, 0.29) is 0 Å². The van der Waals surface area contributed by atoms with Gasteiger partial charge in [-0.2, -0.15) is 0 Å². The van der Waals surface area contributed by atoms with Gasteiger partial charge in [0.1, 0.15) is 5.65 Å². The van der Waals surface area contributed by atoms with Gasteiger partial charge in [-0.3, -0.25) is 0 Å². The molecule has 2 heterocycles. The first-order chi connectivity index (χ1) is 9.92. The van der Waals surface area contributed by atoms with E-state index in [1.165, 1.54) is 23.2 Å². The molecule has 20 heavy (non-hydrogen) atoms. The summed E-state index contributed by atoms with van der Waals surface area (Å²) < 4.78 is 2.14. The van der Waals surface area contributed by atoms with Crippen molar-refractivity contribution in [1.82, 2.24) is 14.7 Å². The SMILES string of the molecule is c1ccc2c(c1)C[C@@H]2CNCc1cnc2ccccn12. The molecule has 3 aromatic rings. The third-order valence-electron chi connectivity index (χ3n) is 4.15. The molecule has 1 atom stereocenters. The molecule has 1 aliphatic carbocycles. The number of hydrogen-bond donors (Lipinski definition) is 1. The Bertz CT molecular complexity index is 745. The van der Waals surface area contributed by atoms with Crippen LogP contribution in [0.15, 0.2) is 54.9 Å². The van der Waals surface area contributed by atoms with E-state index < -0.39 is 0 Å². The van der Waals surface area contributed by atoms with E-state index in [0.29, 0.717) is 5.92 Å². The molecule has 3 heteroatoms. The summed E-state index contributed by atoms with van der Waals surface area (Å²) in [5.41, 5.74) is 5.25. The summed E-state index contributed by atoms with van der Waals surface area (Å²) in [6.07, 6.45) is 5.23. The zero-order chi connectivity index (χ0) is 13.4. The summed E-state index contributed by atoms with van der Waals surface area (Å²) in [6, 6.07) is 14.8. The number of fused-ring (bicyclic) bond motifs is 2. The van der Waals surface area contributed by atoms with Crippen LogP contribution in [0.4, 0.5) is 0 Å². The largest absolute Gasteiger partial charge is 0.311 e. The lowest BCUT2D eigenvalue weighted by molar-refractivity contribution is 0.531. The Kier molecular flexibility index (Phi) is 2.78. The minimum absolute atomic E-state index is 0.672. The van der Waals surface area contributed by atoms with Crippen molar-refractivity contribution in [2.24, 2.45) is 0 Å². The molecule has 1 aliphatic rings. The van der Waals surface area contributed by atoms with Crippen molar-refractivity contribution in [2.75, 3.05) is 6.54 Å². The molecule has 100 valence electrons. The first-order valence-corrected chi connectivity index (χ1v) is 7.11. The second-order valence-electron chi connectivity index (χ2n) is 5.41. The van der Waals surface area contributed by atoms with E-state index in [0.717, 1.165) is 18.7 Å². The topological polar surface area (TPSA) is 29.3 Å². The van der Waals surface area contributed by atoms with Crippen molar-refractivity contribution in [2.45, 2.75) is 18.9 Å². The van der Waals surface area contributed by atoms with Gasteiger partial charge in [-0.1, -0.05) is 30.3 Å². The first-order valence-electron chi connectivity index (χ1n) is 7.11. The molecule has 0 bridgehead atoms. The Balaban J connectivity index is 1.40. The van der Waals surface area contributed by atoms with Gasteiger partial charge >= 0.3 is 0 Å². The van der Waals surface area contributed by atoms with Crippen LogP contribution in [0.5, 0.6) is 0 Å². The molecule has 0 saturated carbocycles. The molecule has 4 rings (SSSR count). The maximum atomic E-state index is 4.41. The lowest BCUT2D eigenvalue weighted by atomic mass is 9.77. The van der Waals surface area contributed by atoms with E-state index in [2.05, 4.69) is 45.2 Å². The van der Waals surface area contributed by atoms with Crippen molar-refractivity contribution in [3.05, 3.63) is 71.7 Å². The highest BCUT2D eigenvalue weighted by molar-refractivity contribution is 5.41. The number of aromatic nitrogens is 2. The lowest BCUT2D eigenvalue weighted by Gasteiger charge is -2.30. The maximum Gasteiger partial charge on any atom is 0.136 e. The van der Waals surface area contributed by atoms with Gasteiger partial charge in [0.05, 0.1) is 11.9 Å². The van der Waals surface area contributed by atoms with Crippen molar-refractivity contribution < 1.29 is 0 Å². The highest BCUT2D eigenvalue weighted by Gasteiger charge is 2.24. The van der Waals surface area contributed by atoms with Gasteiger partial charge in [0.2, 0.25) is 0 Å². The molecule has 0 radical (unpaired) electrons. The standard InChI is InChI=1S/C17H17N3/c1-2-6-16-13(5-1)9-14(16)10-18-11-15-12-19-17-7-3-4-8-20(15)17/h1-8,12,14,18H,9-11H2/t14-/m1/s1. The summed E-state index contributed by atoms with van der Waals surface area (Å²) >= 11 is 0. The molecular formula is C17H17N3. The quantitative estimate of drug-likeness (QED) is 0.784. The second-order valence-corrected chi connectivity index (χ2v) is 5.41. The number of benzene rings is 1. The van der Waals surface area contributed by atoms with Crippen LogP contribution in [-0.2, 0) is 13.0 Å². The number of pyridine rings is 1. The Morgan fingerprint density at radius 3 is 3.00 bits per heavy atom. The molecule has 0 fully saturated rings. The highest BCUT2D eigenvalue weighted by atomic mass is 15.0. The van der Waals surface area contributed by atoms with E-state index >= 15 is 0 Å². The highest BCUT2D eigenvalue weighted by Crippen LogP contribution is 2.33. The Labute approximate surface area is 118 Å². The van der Waals surface area contributed by atoms with Crippen LogP contribution >= 0.6 is 0 Å². The normalized spacial score (nSPS) is 16.9. The van der Waals surface area contributed by atoms with Crippen molar-refractivity contribution in [3.8, 4) is 0 Å². The fourth-order valence-electron chi connectivity index (χ4n) is 3.04. The van der Waals surface area contributed by atoms with Crippen LogP contribution in [0.2, 0.25) is 0 Å². The number of nitrogens with zero attached hydrogens (tertiary/aromatic N) is 2. The maximum absolute atomic E-state index is 4.41.